The normalized spacial score (nSPS) is 37.1. The van der Waals surface area contributed by atoms with Gasteiger partial charge in [-0.2, -0.15) is 31.6 Å². The van der Waals surface area contributed by atoms with Crippen LogP contribution < -0.4 is 10.2 Å². The lowest BCUT2D eigenvalue weighted by molar-refractivity contribution is -0.166. The molecule has 5 rings (SSSR count). The highest BCUT2D eigenvalue weighted by Crippen LogP contribution is 2.71. The standard InChI is InChI=1S/C22H19F6N3O5/c1-18-13(32)7-19(36-18)4-5-35-15-14(19)21(18,16(33)30-9-20(23,24)25)17(34)31(15)11-3-2-10(8-29)12(6-11)22(26,27)28/h2-3,6,13-15,32H,4-5,7,9H2,1H3,(H,30,33)/t13-,14+,15+,18-,19+,21+/m1/s1. The zero-order valence-corrected chi connectivity index (χ0v) is 18.5. The molecule has 0 radical (unpaired) electrons. The molecule has 4 saturated heterocycles. The lowest BCUT2D eigenvalue weighted by Gasteiger charge is -2.45. The SMILES string of the molecule is C[C@]12O[C@@]3(CCO[C@H]4[C@@H]3[C@]1(C(=O)NCC(F)(F)F)C(=O)N4c1ccc(C#N)c(C(F)(F)F)c1)C[C@H]2O. The van der Waals surface area contributed by atoms with Crippen LogP contribution in [0.25, 0.3) is 0 Å². The number of nitriles is 1. The minimum atomic E-state index is -4.96. The van der Waals surface area contributed by atoms with Crippen molar-refractivity contribution < 1.29 is 50.5 Å². The lowest BCUT2D eigenvalue weighted by atomic mass is 9.55. The Morgan fingerprint density at radius 2 is 2.00 bits per heavy atom. The Balaban J connectivity index is 1.68. The Labute approximate surface area is 199 Å². The molecule has 1 aromatic rings. The smallest absolute Gasteiger partial charge is 0.390 e. The lowest BCUT2D eigenvalue weighted by Crippen LogP contribution is -2.66. The Kier molecular flexibility index (Phi) is 5.05. The maximum atomic E-state index is 14.0. The van der Waals surface area contributed by atoms with E-state index in [0.717, 1.165) is 17.0 Å². The first-order valence-electron chi connectivity index (χ1n) is 10.9. The minimum Gasteiger partial charge on any atom is -0.390 e. The molecule has 0 aliphatic carbocycles. The zero-order chi connectivity index (χ0) is 26.5. The molecule has 4 aliphatic rings. The van der Waals surface area contributed by atoms with Crippen LogP contribution in [0.4, 0.5) is 32.0 Å². The summed E-state index contributed by atoms with van der Waals surface area (Å²) in [7, 11) is 0. The van der Waals surface area contributed by atoms with Gasteiger partial charge in [0, 0.05) is 18.5 Å². The molecule has 2 bridgehead atoms. The first-order valence-corrected chi connectivity index (χ1v) is 10.9. The minimum absolute atomic E-state index is 0.0371. The van der Waals surface area contributed by atoms with Crippen LogP contribution in [0.2, 0.25) is 0 Å². The fourth-order valence-corrected chi connectivity index (χ4v) is 6.46. The maximum Gasteiger partial charge on any atom is 0.417 e. The van der Waals surface area contributed by atoms with Gasteiger partial charge in [0.1, 0.15) is 18.4 Å². The largest absolute Gasteiger partial charge is 0.417 e. The van der Waals surface area contributed by atoms with E-state index in [2.05, 4.69) is 0 Å². The summed E-state index contributed by atoms with van der Waals surface area (Å²) in [4.78, 5) is 28.3. The third kappa shape index (κ3) is 2.99. The van der Waals surface area contributed by atoms with Crippen molar-refractivity contribution in [2.75, 3.05) is 18.1 Å². The summed E-state index contributed by atoms with van der Waals surface area (Å²) in [5.74, 6) is -3.72. The summed E-state index contributed by atoms with van der Waals surface area (Å²) >= 11 is 0. The number of aliphatic hydroxyl groups is 1. The average Bonchev–Trinajstić information content (AvgIpc) is 3.30. The second-order valence-electron chi connectivity index (χ2n) is 9.60. The van der Waals surface area contributed by atoms with Crippen LogP contribution in [-0.2, 0) is 25.2 Å². The molecule has 1 aromatic carbocycles. The van der Waals surface area contributed by atoms with E-state index in [1.165, 1.54) is 13.0 Å². The Bertz CT molecular complexity index is 1200. The fraction of sp³-hybridized carbons (Fsp3) is 0.591. The summed E-state index contributed by atoms with van der Waals surface area (Å²) < 4.78 is 91.6. The van der Waals surface area contributed by atoms with Crippen molar-refractivity contribution in [2.24, 2.45) is 11.3 Å². The molecule has 4 aliphatic heterocycles. The zero-order valence-electron chi connectivity index (χ0n) is 18.5. The Morgan fingerprint density at radius 3 is 2.61 bits per heavy atom. The summed E-state index contributed by atoms with van der Waals surface area (Å²) in [5.41, 5.74) is -8.10. The van der Waals surface area contributed by atoms with E-state index in [9.17, 15) is 41.0 Å². The van der Waals surface area contributed by atoms with Gasteiger partial charge in [-0.3, -0.25) is 14.5 Å². The molecule has 1 spiro atoms. The number of hydrogen-bond acceptors (Lipinski definition) is 6. The molecule has 36 heavy (non-hydrogen) atoms. The van der Waals surface area contributed by atoms with Gasteiger partial charge in [-0.05, 0) is 25.1 Å². The van der Waals surface area contributed by atoms with E-state index in [1.807, 2.05) is 0 Å². The molecule has 0 aromatic heterocycles. The summed E-state index contributed by atoms with van der Waals surface area (Å²) in [6.07, 6.45) is -12.5. The van der Waals surface area contributed by atoms with Crippen LogP contribution in [0.15, 0.2) is 18.2 Å². The van der Waals surface area contributed by atoms with Crippen molar-refractivity contribution in [3.63, 3.8) is 0 Å². The first-order chi connectivity index (χ1) is 16.6. The van der Waals surface area contributed by atoms with Gasteiger partial charge >= 0.3 is 12.4 Å². The van der Waals surface area contributed by atoms with Gasteiger partial charge in [0.15, 0.2) is 5.41 Å². The van der Waals surface area contributed by atoms with Crippen molar-refractivity contribution in [3.05, 3.63) is 29.3 Å². The van der Waals surface area contributed by atoms with E-state index in [4.69, 9.17) is 14.7 Å². The van der Waals surface area contributed by atoms with Crippen LogP contribution in [0.3, 0.4) is 0 Å². The quantitative estimate of drug-likeness (QED) is 0.468. The number of ether oxygens (including phenoxy) is 2. The summed E-state index contributed by atoms with van der Waals surface area (Å²) in [6.45, 7) is -0.569. The van der Waals surface area contributed by atoms with Gasteiger partial charge in [0.2, 0.25) is 11.8 Å². The Hall–Kier alpha value is -2.89. The fourth-order valence-electron chi connectivity index (χ4n) is 6.46. The van der Waals surface area contributed by atoms with Gasteiger partial charge < -0.3 is 19.9 Å². The number of aliphatic hydroxyl groups excluding tert-OH is 1. The van der Waals surface area contributed by atoms with Gasteiger partial charge in [0.05, 0.1) is 41.4 Å². The Morgan fingerprint density at radius 1 is 1.31 bits per heavy atom. The molecular formula is C22H19F6N3O5. The highest BCUT2D eigenvalue weighted by Gasteiger charge is 2.88. The highest BCUT2D eigenvalue weighted by molar-refractivity contribution is 6.16. The number of hydrogen-bond donors (Lipinski definition) is 2. The van der Waals surface area contributed by atoms with Gasteiger partial charge in [-0.15, -0.1) is 0 Å². The molecule has 2 amide bonds. The first kappa shape index (κ1) is 24.8. The number of carbonyl (C=O) groups excluding carboxylic acids is 2. The van der Waals surface area contributed by atoms with Crippen molar-refractivity contribution in [2.45, 2.75) is 55.7 Å². The molecule has 4 fully saturated rings. The third-order valence-electron chi connectivity index (χ3n) is 7.83. The van der Waals surface area contributed by atoms with E-state index in [-0.39, 0.29) is 25.1 Å². The van der Waals surface area contributed by atoms with Gasteiger partial charge in [0.25, 0.3) is 0 Å². The van der Waals surface area contributed by atoms with Crippen molar-refractivity contribution in [3.8, 4) is 6.07 Å². The second-order valence-corrected chi connectivity index (χ2v) is 9.60. The van der Waals surface area contributed by atoms with Crippen LogP contribution in [0.5, 0.6) is 0 Å². The van der Waals surface area contributed by atoms with E-state index < -0.39 is 76.7 Å². The predicted octanol–water partition coefficient (Wildman–Crippen LogP) is 2.24. The van der Waals surface area contributed by atoms with Gasteiger partial charge in [-0.25, -0.2) is 0 Å². The van der Waals surface area contributed by atoms with Crippen molar-refractivity contribution >= 4 is 17.5 Å². The molecule has 6 atom stereocenters. The maximum absolute atomic E-state index is 14.0. The monoisotopic (exact) mass is 519 g/mol. The van der Waals surface area contributed by atoms with Crippen LogP contribution in [0, 0.1) is 22.7 Å². The number of nitrogens with zero attached hydrogens (tertiary/aromatic N) is 2. The number of fused-ring (bicyclic) bond motifs is 2. The number of nitrogens with one attached hydrogen (secondary N) is 1. The molecule has 2 N–H and O–H groups in total. The van der Waals surface area contributed by atoms with Crippen LogP contribution in [0.1, 0.15) is 30.9 Å². The van der Waals surface area contributed by atoms with Crippen LogP contribution >= 0.6 is 0 Å². The number of anilines is 1. The molecule has 8 nitrogen and oxygen atoms in total. The van der Waals surface area contributed by atoms with E-state index >= 15 is 0 Å². The third-order valence-corrected chi connectivity index (χ3v) is 7.83. The number of carbonyl (C=O) groups is 2. The molecule has 0 saturated carbocycles. The predicted molar refractivity (Wildman–Crippen MR) is 106 cm³/mol. The average molecular weight is 519 g/mol. The number of alkyl halides is 6. The number of rotatable bonds is 3. The highest BCUT2D eigenvalue weighted by atomic mass is 19.4. The molecular weight excluding hydrogens is 500 g/mol. The van der Waals surface area contributed by atoms with Gasteiger partial charge in [-0.1, -0.05) is 0 Å². The second kappa shape index (κ2) is 7.33. The van der Waals surface area contributed by atoms with Crippen molar-refractivity contribution in [1.82, 2.24) is 5.32 Å². The number of amides is 2. The molecule has 14 heteroatoms. The number of halogens is 6. The van der Waals surface area contributed by atoms with E-state index in [0.29, 0.717) is 6.07 Å². The summed E-state index contributed by atoms with van der Waals surface area (Å²) in [5, 5.41) is 21.7. The molecule has 4 heterocycles. The van der Waals surface area contributed by atoms with E-state index in [1.54, 1.807) is 5.32 Å². The molecule has 194 valence electrons. The summed E-state index contributed by atoms with van der Waals surface area (Å²) in [6, 6.07) is 3.92. The topological polar surface area (TPSA) is 112 Å². The van der Waals surface area contributed by atoms with Crippen LogP contribution in [-0.4, -0.2) is 59.8 Å². The van der Waals surface area contributed by atoms with Crippen molar-refractivity contribution in [1.29, 1.82) is 5.26 Å². The number of benzene rings is 1. The molecule has 0 unspecified atom stereocenters.